The third-order valence-corrected chi connectivity index (χ3v) is 5.05. The molecule has 3 rings (SSSR count). The quantitative estimate of drug-likeness (QED) is 0.797. The van der Waals surface area contributed by atoms with Crippen molar-refractivity contribution in [3.05, 3.63) is 53.1 Å². The minimum absolute atomic E-state index is 0.0633. The number of urea groups is 1. The molecular weight excluding hydrogens is 378 g/mol. The Morgan fingerprint density at radius 2 is 1.86 bits per heavy atom. The first-order valence-corrected chi connectivity index (χ1v) is 9.82. The van der Waals surface area contributed by atoms with Gasteiger partial charge in [0.25, 0.3) is 0 Å². The van der Waals surface area contributed by atoms with Crippen LogP contribution in [0.3, 0.4) is 0 Å². The van der Waals surface area contributed by atoms with E-state index in [1.807, 2.05) is 54.3 Å². The number of nitrogens with one attached hydrogen (secondary N) is 1. The Balaban J connectivity index is 1.52. The molecule has 1 N–H and O–H groups in total. The van der Waals surface area contributed by atoms with Crippen LogP contribution in [-0.2, 0) is 6.54 Å². The van der Waals surface area contributed by atoms with Crippen molar-refractivity contribution >= 4 is 23.3 Å². The maximum atomic E-state index is 12.5. The van der Waals surface area contributed by atoms with E-state index in [2.05, 4.69) is 10.2 Å². The van der Waals surface area contributed by atoms with Crippen LogP contribution in [0.2, 0.25) is 5.02 Å². The number of rotatable bonds is 6. The highest BCUT2D eigenvalue weighted by Gasteiger charge is 2.22. The highest BCUT2D eigenvalue weighted by atomic mass is 35.5. The van der Waals surface area contributed by atoms with E-state index in [-0.39, 0.29) is 6.03 Å². The summed E-state index contributed by atoms with van der Waals surface area (Å²) >= 11 is 6.28. The fraction of sp³-hybridized carbons (Fsp3) is 0.381. The highest BCUT2D eigenvalue weighted by molar-refractivity contribution is 6.33. The number of halogens is 1. The molecule has 0 aliphatic carbocycles. The molecule has 6 nitrogen and oxygen atoms in total. The number of amides is 2. The van der Waals surface area contributed by atoms with Crippen LogP contribution in [0, 0.1) is 0 Å². The van der Waals surface area contributed by atoms with Gasteiger partial charge in [-0.05, 0) is 36.8 Å². The number of nitrogens with zero attached hydrogens (tertiary/aromatic N) is 2. The molecule has 7 heteroatoms. The Bertz CT molecular complexity index is 807. The van der Waals surface area contributed by atoms with Gasteiger partial charge in [0, 0.05) is 32.7 Å². The van der Waals surface area contributed by atoms with Crippen LogP contribution >= 0.6 is 11.6 Å². The predicted octanol–water partition coefficient (Wildman–Crippen LogP) is 3.78. The van der Waals surface area contributed by atoms with Crippen molar-refractivity contribution in [1.82, 2.24) is 10.2 Å². The van der Waals surface area contributed by atoms with Gasteiger partial charge in [-0.25, -0.2) is 4.79 Å². The number of para-hydroxylation sites is 1. The fourth-order valence-corrected chi connectivity index (χ4v) is 3.50. The standard InChI is InChI=1S/C21H26ClN3O3/c1-3-28-19-9-8-16(14-20(19)27-2)15-23-21(26)25-12-10-24(11-13-25)18-7-5-4-6-17(18)22/h4-9,14H,3,10-13,15H2,1-2H3,(H,23,26). The normalized spacial score (nSPS) is 14.0. The molecule has 1 fully saturated rings. The number of hydrogen-bond acceptors (Lipinski definition) is 4. The second-order valence-corrected chi connectivity index (χ2v) is 6.91. The zero-order valence-corrected chi connectivity index (χ0v) is 17.0. The lowest BCUT2D eigenvalue weighted by atomic mass is 10.2. The molecule has 0 spiro atoms. The summed E-state index contributed by atoms with van der Waals surface area (Å²) in [5, 5.41) is 3.72. The largest absolute Gasteiger partial charge is 0.493 e. The van der Waals surface area contributed by atoms with Gasteiger partial charge in [-0.1, -0.05) is 29.8 Å². The Morgan fingerprint density at radius 1 is 1.11 bits per heavy atom. The van der Waals surface area contributed by atoms with E-state index in [9.17, 15) is 4.79 Å². The molecule has 0 radical (unpaired) electrons. The van der Waals surface area contributed by atoms with Crippen LogP contribution < -0.4 is 19.7 Å². The topological polar surface area (TPSA) is 54.0 Å². The number of anilines is 1. The number of carbonyl (C=O) groups is 1. The van der Waals surface area contributed by atoms with E-state index in [1.54, 1.807) is 7.11 Å². The number of ether oxygens (including phenoxy) is 2. The number of piperazine rings is 1. The van der Waals surface area contributed by atoms with E-state index in [0.29, 0.717) is 37.7 Å². The summed E-state index contributed by atoms with van der Waals surface area (Å²) in [6.45, 7) is 5.77. The van der Waals surface area contributed by atoms with E-state index in [0.717, 1.165) is 29.4 Å². The van der Waals surface area contributed by atoms with Gasteiger partial charge in [-0.2, -0.15) is 0 Å². The molecule has 0 aromatic heterocycles. The predicted molar refractivity (Wildman–Crippen MR) is 112 cm³/mol. The van der Waals surface area contributed by atoms with Crippen LogP contribution in [0.5, 0.6) is 11.5 Å². The van der Waals surface area contributed by atoms with E-state index < -0.39 is 0 Å². The number of benzene rings is 2. The SMILES string of the molecule is CCOc1ccc(CNC(=O)N2CCN(c3ccccc3Cl)CC2)cc1OC. The maximum Gasteiger partial charge on any atom is 0.317 e. The molecule has 150 valence electrons. The molecule has 0 unspecified atom stereocenters. The average molecular weight is 404 g/mol. The van der Waals surface area contributed by atoms with Gasteiger partial charge in [0.1, 0.15) is 0 Å². The highest BCUT2D eigenvalue weighted by Crippen LogP contribution is 2.28. The summed E-state index contributed by atoms with van der Waals surface area (Å²) in [7, 11) is 1.61. The monoisotopic (exact) mass is 403 g/mol. The smallest absolute Gasteiger partial charge is 0.317 e. The summed E-state index contributed by atoms with van der Waals surface area (Å²) in [4.78, 5) is 16.6. The van der Waals surface area contributed by atoms with Crippen molar-refractivity contribution in [3.63, 3.8) is 0 Å². The second-order valence-electron chi connectivity index (χ2n) is 6.50. The molecule has 28 heavy (non-hydrogen) atoms. The first kappa shape index (κ1) is 20.1. The van der Waals surface area contributed by atoms with Crippen LogP contribution in [0.1, 0.15) is 12.5 Å². The van der Waals surface area contributed by atoms with E-state index in [4.69, 9.17) is 21.1 Å². The lowest BCUT2D eigenvalue weighted by Crippen LogP contribution is -2.51. The fourth-order valence-electron chi connectivity index (χ4n) is 3.24. The van der Waals surface area contributed by atoms with Crippen LogP contribution in [0.25, 0.3) is 0 Å². The van der Waals surface area contributed by atoms with Gasteiger partial charge in [-0.3, -0.25) is 0 Å². The summed E-state index contributed by atoms with van der Waals surface area (Å²) < 4.78 is 10.9. The van der Waals surface area contributed by atoms with Gasteiger partial charge in [0.2, 0.25) is 0 Å². The lowest BCUT2D eigenvalue weighted by Gasteiger charge is -2.36. The molecule has 2 aromatic rings. The van der Waals surface area contributed by atoms with Gasteiger partial charge < -0.3 is 24.6 Å². The third kappa shape index (κ3) is 4.81. The number of carbonyl (C=O) groups excluding carboxylic acids is 1. The van der Waals surface area contributed by atoms with Crippen molar-refractivity contribution in [2.24, 2.45) is 0 Å². The Labute approximate surface area is 171 Å². The van der Waals surface area contributed by atoms with Crippen LogP contribution in [-0.4, -0.2) is 50.8 Å². The van der Waals surface area contributed by atoms with Gasteiger partial charge in [0.15, 0.2) is 11.5 Å². The molecule has 1 heterocycles. The Morgan fingerprint density at radius 3 is 2.54 bits per heavy atom. The van der Waals surface area contributed by atoms with Crippen molar-refractivity contribution in [3.8, 4) is 11.5 Å². The first-order chi connectivity index (χ1) is 13.6. The first-order valence-electron chi connectivity index (χ1n) is 9.44. The van der Waals surface area contributed by atoms with Crippen LogP contribution in [0.15, 0.2) is 42.5 Å². The summed E-state index contributed by atoms with van der Waals surface area (Å²) in [5.41, 5.74) is 1.98. The third-order valence-electron chi connectivity index (χ3n) is 4.73. The Hall–Kier alpha value is -2.60. The van der Waals surface area contributed by atoms with E-state index >= 15 is 0 Å². The van der Waals surface area contributed by atoms with Gasteiger partial charge >= 0.3 is 6.03 Å². The molecule has 1 aliphatic rings. The molecule has 0 saturated carbocycles. The zero-order chi connectivity index (χ0) is 19.9. The molecule has 1 aliphatic heterocycles. The maximum absolute atomic E-state index is 12.5. The lowest BCUT2D eigenvalue weighted by molar-refractivity contribution is 0.194. The van der Waals surface area contributed by atoms with Crippen molar-refractivity contribution in [2.75, 3.05) is 44.8 Å². The van der Waals surface area contributed by atoms with Crippen molar-refractivity contribution in [2.45, 2.75) is 13.5 Å². The average Bonchev–Trinajstić information content (AvgIpc) is 2.73. The number of methoxy groups -OCH3 is 1. The van der Waals surface area contributed by atoms with Crippen molar-refractivity contribution in [1.29, 1.82) is 0 Å². The summed E-state index contributed by atoms with van der Waals surface area (Å²) in [5.74, 6) is 1.37. The molecule has 0 atom stereocenters. The van der Waals surface area contributed by atoms with Crippen molar-refractivity contribution < 1.29 is 14.3 Å². The Kier molecular flexibility index (Phi) is 6.87. The minimum Gasteiger partial charge on any atom is -0.493 e. The molecular formula is C21H26ClN3O3. The molecule has 1 saturated heterocycles. The molecule has 0 bridgehead atoms. The van der Waals surface area contributed by atoms with E-state index in [1.165, 1.54) is 0 Å². The number of hydrogen-bond donors (Lipinski definition) is 1. The minimum atomic E-state index is -0.0633. The zero-order valence-electron chi connectivity index (χ0n) is 16.3. The summed E-state index contributed by atoms with van der Waals surface area (Å²) in [6.07, 6.45) is 0. The van der Waals surface area contributed by atoms with Crippen LogP contribution in [0.4, 0.5) is 10.5 Å². The summed E-state index contributed by atoms with van der Waals surface area (Å²) in [6, 6.07) is 13.4. The molecule has 2 aromatic carbocycles. The molecule has 2 amide bonds. The van der Waals surface area contributed by atoms with Gasteiger partial charge in [0.05, 0.1) is 24.4 Å². The second kappa shape index (κ2) is 9.55. The van der Waals surface area contributed by atoms with Gasteiger partial charge in [-0.15, -0.1) is 0 Å².